The molecule has 0 aliphatic heterocycles. The lowest BCUT2D eigenvalue weighted by Crippen LogP contribution is -2.41. The van der Waals surface area contributed by atoms with Crippen molar-refractivity contribution in [2.75, 3.05) is 6.54 Å². The first-order valence-corrected chi connectivity index (χ1v) is 7.57. The summed E-state index contributed by atoms with van der Waals surface area (Å²) in [6, 6.07) is 4.02. The zero-order valence-electron chi connectivity index (χ0n) is 12.9. The van der Waals surface area contributed by atoms with E-state index in [2.05, 4.69) is 23.7 Å². The molecular weight excluding hydrogens is 286 g/mol. The Kier molecular flexibility index (Phi) is 7.12. The Morgan fingerprint density at radius 3 is 2.67 bits per heavy atom. The van der Waals surface area contributed by atoms with Crippen LogP contribution in [-0.4, -0.2) is 28.4 Å². The van der Waals surface area contributed by atoms with Crippen molar-refractivity contribution in [3.8, 4) is 0 Å². The number of pyridine rings is 1. The lowest BCUT2D eigenvalue weighted by atomic mass is 10.1. The van der Waals surface area contributed by atoms with Gasteiger partial charge in [-0.25, -0.2) is 0 Å². The summed E-state index contributed by atoms with van der Waals surface area (Å²) < 4.78 is 0. The zero-order chi connectivity index (χ0) is 14.5. The maximum Gasteiger partial charge on any atom is 0.254 e. The summed E-state index contributed by atoms with van der Waals surface area (Å²) in [5.41, 5.74) is 7.10. The summed E-state index contributed by atoms with van der Waals surface area (Å²) in [6.07, 6.45) is 6.41. The largest absolute Gasteiger partial charge is 0.335 e. The van der Waals surface area contributed by atoms with Gasteiger partial charge in [-0.05, 0) is 30.9 Å². The lowest BCUT2D eigenvalue weighted by Gasteiger charge is -2.30. The van der Waals surface area contributed by atoms with E-state index in [1.165, 1.54) is 12.8 Å². The first kappa shape index (κ1) is 17.9. The number of nitrogens with zero attached hydrogens (tertiary/aromatic N) is 2. The lowest BCUT2D eigenvalue weighted by molar-refractivity contribution is 0.0655. The van der Waals surface area contributed by atoms with E-state index in [0.29, 0.717) is 24.1 Å². The van der Waals surface area contributed by atoms with Gasteiger partial charge in [-0.15, -0.1) is 12.4 Å². The molecule has 1 aliphatic carbocycles. The molecule has 2 rings (SSSR count). The first-order valence-electron chi connectivity index (χ1n) is 7.57. The number of rotatable bonds is 5. The molecule has 4 nitrogen and oxygen atoms in total. The van der Waals surface area contributed by atoms with Crippen LogP contribution in [0, 0.1) is 5.92 Å². The van der Waals surface area contributed by atoms with E-state index in [4.69, 9.17) is 5.73 Å². The fourth-order valence-electron chi connectivity index (χ4n) is 2.90. The molecule has 5 heteroatoms. The van der Waals surface area contributed by atoms with Gasteiger partial charge in [0.25, 0.3) is 5.91 Å². The molecule has 1 aliphatic rings. The van der Waals surface area contributed by atoms with Crippen LogP contribution < -0.4 is 5.73 Å². The van der Waals surface area contributed by atoms with Crippen LogP contribution in [0.15, 0.2) is 18.3 Å². The maximum absolute atomic E-state index is 12.8. The average Bonchev–Trinajstić information content (AvgIpc) is 2.98. The molecule has 21 heavy (non-hydrogen) atoms. The van der Waals surface area contributed by atoms with Crippen LogP contribution in [0.5, 0.6) is 0 Å². The molecule has 1 amide bonds. The zero-order valence-corrected chi connectivity index (χ0v) is 13.7. The first-order chi connectivity index (χ1) is 9.61. The van der Waals surface area contributed by atoms with Crippen LogP contribution in [0.2, 0.25) is 0 Å². The summed E-state index contributed by atoms with van der Waals surface area (Å²) in [5, 5.41) is 0. The Balaban J connectivity index is 0.00000220. The van der Waals surface area contributed by atoms with E-state index < -0.39 is 0 Å². The Morgan fingerprint density at radius 1 is 1.43 bits per heavy atom. The average molecular weight is 312 g/mol. The minimum atomic E-state index is 0. The van der Waals surface area contributed by atoms with Gasteiger partial charge in [-0.1, -0.05) is 26.7 Å². The van der Waals surface area contributed by atoms with Crippen molar-refractivity contribution >= 4 is 18.3 Å². The van der Waals surface area contributed by atoms with Crippen molar-refractivity contribution in [1.82, 2.24) is 9.88 Å². The molecule has 0 saturated heterocycles. The Morgan fingerprint density at radius 2 is 2.10 bits per heavy atom. The quantitative estimate of drug-likeness (QED) is 0.909. The highest BCUT2D eigenvalue weighted by Crippen LogP contribution is 2.25. The second-order valence-corrected chi connectivity index (χ2v) is 6.03. The van der Waals surface area contributed by atoms with Crippen molar-refractivity contribution in [3.05, 3.63) is 29.6 Å². The third-order valence-electron chi connectivity index (χ3n) is 3.86. The number of amides is 1. The van der Waals surface area contributed by atoms with Crippen LogP contribution >= 0.6 is 12.4 Å². The number of carbonyl (C=O) groups is 1. The molecule has 0 radical (unpaired) electrons. The van der Waals surface area contributed by atoms with E-state index in [1.54, 1.807) is 12.3 Å². The van der Waals surface area contributed by atoms with Crippen molar-refractivity contribution in [2.24, 2.45) is 11.7 Å². The standard InChI is InChI=1S/C16H25N3O.ClH/c1-12(2)11-19(15-5-3-4-6-15)16(20)13-7-8-18-14(9-13)10-17;/h7-9,12,15H,3-6,10-11,17H2,1-2H3;1H. The van der Waals surface area contributed by atoms with Gasteiger partial charge in [0.2, 0.25) is 0 Å². The fraction of sp³-hybridized carbons (Fsp3) is 0.625. The number of nitrogens with two attached hydrogens (primary N) is 1. The monoisotopic (exact) mass is 311 g/mol. The van der Waals surface area contributed by atoms with Gasteiger partial charge in [0, 0.05) is 30.9 Å². The molecule has 1 aromatic rings. The van der Waals surface area contributed by atoms with Crippen LogP contribution in [0.25, 0.3) is 0 Å². The van der Waals surface area contributed by atoms with Gasteiger partial charge in [-0.3, -0.25) is 9.78 Å². The molecule has 0 aromatic carbocycles. The Bertz CT molecular complexity index is 459. The van der Waals surface area contributed by atoms with Crippen molar-refractivity contribution in [2.45, 2.75) is 52.1 Å². The molecule has 0 atom stereocenters. The Labute approximate surface area is 133 Å². The van der Waals surface area contributed by atoms with E-state index in [-0.39, 0.29) is 18.3 Å². The Hall–Kier alpha value is -1.13. The topological polar surface area (TPSA) is 59.2 Å². The van der Waals surface area contributed by atoms with Crippen molar-refractivity contribution in [3.63, 3.8) is 0 Å². The van der Waals surface area contributed by atoms with Crippen molar-refractivity contribution < 1.29 is 4.79 Å². The van der Waals surface area contributed by atoms with Crippen LogP contribution in [-0.2, 0) is 6.54 Å². The van der Waals surface area contributed by atoms with Gasteiger partial charge < -0.3 is 10.6 Å². The highest BCUT2D eigenvalue weighted by atomic mass is 35.5. The summed E-state index contributed by atoms with van der Waals surface area (Å²) in [4.78, 5) is 19.0. The van der Waals surface area contributed by atoms with Gasteiger partial charge in [-0.2, -0.15) is 0 Å². The third kappa shape index (κ3) is 4.68. The maximum atomic E-state index is 12.8. The number of carbonyl (C=O) groups excluding carboxylic acids is 1. The molecule has 1 heterocycles. The van der Waals surface area contributed by atoms with E-state index >= 15 is 0 Å². The normalized spacial score (nSPS) is 15.0. The highest BCUT2D eigenvalue weighted by Gasteiger charge is 2.27. The second kappa shape index (κ2) is 8.35. The molecule has 0 unspecified atom stereocenters. The van der Waals surface area contributed by atoms with E-state index in [0.717, 1.165) is 25.1 Å². The number of aromatic nitrogens is 1. The molecule has 1 fully saturated rings. The molecule has 118 valence electrons. The van der Waals surface area contributed by atoms with Crippen LogP contribution in [0.3, 0.4) is 0 Å². The smallest absolute Gasteiger partial charge is 0.254 e. The minimum Gasteiger partial charge on any atom is -0.335 e. The highest BCUT2D eigenvalue weighted by molar-refractivity contribution is 5.94. The predicted molar refractivity (Wildman–Crippen MR) is 87.5 cm³/mol. The van der Waals surface area contributed by atoms with Crippen LogP contribution in [0.1, 0.15) is 55.6 Å². The molecule has 2 N–H and O–H groups in total. The van der Waals surface area contributed by atoms with E-state index in [1.807, 2.05) is 6.07 Å². The number of hydrogen-bond donors (Lipinski definition) is 1. The van der Waals surface area contributed by atoms with Gasteiger partial charge >= 0.3 is 0 Å². The number of halogens is 1. The predicted octanol–water partition coefficient (Wildman–Crippen LogP) is 3.00. The minimum absolute atomic E-state index is 0. The number of hydrogen-bond acceptors (Lipinski definition) is 3. The molecular formula is C16H26ClN3O. The van der Waals surface area contributed by atoms with Crippen molar-refractivity contribution in [1.29, 1.82) is 0 Å². The summed E-state index contributed by atoms with van der Waals surface area (Å²) in [6.45, 7) is 5.51. The van der Waals surface area contributed by atoms with Crippen LogP contribution in [0.4, 0.5) is 0 Å². The van der Waals surface area contributed by atoms with Gasteiger partial charge in [0.05, 0.1) is 5.69 Å². The van der Waals surface area contributed by atoms with Gasteiger partial charge in [0.1, 0.15) is 0 Å². The second-order valence-electron chi connectivity index (χ2n) is 6.03. The van der Waals surface area contributed by atoms with Gasteiger partial charge in [0.15, 0.2) is 0 Å². The molecule has 0 bridgehead atoms. The molecule has 1 aromatic heterocycles. The molecule has 0 spiro atoms. The molecule has 1 saturated carbocycles. The summed E-state index contributed by atoms with van der Waals surface area (Å²) >= 11 is 0. The third-order valence-corrected chi connectivity index (χ3v) is 3.86. The fourth-order valence-corrected chi connectivity index (χ4v) is 2.90. The SMILES string of the molecule is CC(C)CN(C(=O)c1ccnc(CN)c1)C1CCCC1.Cl. The summed E-state index contributed by atoms with van der Waals surface area (Å²) in [7, 11) is 0. The van der Waals surface area contributed by atoms with E-state index in [9.17, 15) is 4.79 Å². The summed E-state index contributed by atoms with van der Waals surface area (Å²) in [5.74, 6) is 0.609.